The number of fused-ring (bicyclic) bond motifs is 1. The number of likely N-dealkylation sites (tertiary alicyclic amines) is 1. The van der Waals surface area contributed by atoms with Crippen LogP contribution < -0.4 is 11.1 Å². The minimum absolute atomic E-state index is 0.0683. The van der Waals surface area contributed by atoms with Gasteiger partial charge in [-0.05, 0) is 44.1 Å². The summed E-state index contributed by atoms with van der Waals surface area (Å²) in [7, 11) is 1.23. The summed E-state index contributed by atoms with van der Waals surface area (Å²) in [6.07, 6.45) is 1.57. The predicted molar refractivity (Wildman–Crippen MR) is 101 cm³/mol. The van der Waals surface area contributed by atoms with Gasteiger partial charge in [0.15, 0.2) is 0 Å². The van der Waals surface area contributed by atoms with Gasteiger partial charge in [0.2, 0.25) is 11.8 Å². The topological polar surface area (TPSA) is 118 Å². The first-order valence-corrected chi connectivity index (χ1v) is 9.10. The van der Waals surface area contributed by atoms with Crippen LogP contribution in [0.25, 0.3) is 10.9 Å². The Hall–Kier alpha value is -2.94. The van der Waals surface area contributed by atoms with E-state index in [0.29, 0.717) is 43.4 Å². The van der Waals surface area contributed by atoms with Crippen LogP contribution in [-0.2, 0) is 14.3 Å². The summed E-state index contributed by atoms with van der Waals surface area (Å²) in [6.45, 7) is 1.92. The Morgan fingerprint density at radius 2 is 2.04 bits per heavy atom. The maximum Gasteiger partial charge on any atom is 0.356 e. The highest BCUT2D eigenvalue weighted by Crippen LogP contribution is 2.29. The number of piperidine rings is 1. The molecule has 1 aromatic heterocycles. The number of carbonyl (C=O) groups excluding carboxylic acids is 3. The van der Waals surface area contributed by atoms with Crippen molar-refractivity contribution in [2.24, 2.45) is 11.7 Å². The molecule has 1 aliphatic heterocycles. The second-order valence-corrected chi connectivity index (χ2v) is 6.87. The molecule has 1 aliphatic rings. The van der Waals surface area contributed by atoms with E-state index in [0.717, 1.165) is 0 Å². The van der Waals surface area contributed by atoms with Crippen molar-refractivity contribution >= 4 is 34.4 Å². The largest absolute Gasteiger partial charge is 0.464 e. The Kier molecular flexibility index (Phi) is 5.93. The zero-order valence-electron chi connectivity index (χ0n) is 15.6. The maximum absolute atomic E-state index is 13.6. The van der Waals surface area contributed by atoms with Gasteiger partial charge >= 0.3 is 5.97 Å². The molecule has 0 saturated carbocycles. The van der Waals surface area contributed by atoms with Gasteiger partial charge < -0.3 is 25.7 Å². The highest BCUT2D eigenvalue weighted by molar-refractivity contribution is 6.10. The van der Waals surface area contributed by atoms with Crippen LogP contribution in [0.15, 0.2) is 18.2 Å². The zero-order valence-corrected chi connectivity index (χ0v) is 15.6. The molecule has 28 heavy (non-hydrogen) atoms. The number of rotatable bonds is 6. The van der Waals surface area contributed by atoms with Gasteiger partial charge in [-0.2, -0.15) is 0 Å². The van der Waals surface area contributed by atoms with Gasteiger partial charge in [0.05, 0.1) is 12.8 Å². The molecule has 3 rings (SSSR count). The van der Waals surface area contributed by atoms with Crippen LogP contribution in [0.2, 0.25) is 0 Å². The summed E-state index contributed by atoms with van der Waals surface area (Å²) in [5.74, 6) is -1.81. The van der Waals surface area contributed by atoms with Crippen LogP contribution in [0.1, 0.15) is 29.8 Å². The van der Waals surface area contributed by atoms with Crippen LogP contribution >= 0.6 is 0 Å². The average molecular weight is 390 g/mol. The van der Waals surface area contributed by atoms with E-state index in [2.05, 4.69) is 15.2 Å². The van der Waals surface area contributed by atoms with E-state index in [1.54, 1.807) is 0 Å². The number of primary amides is 1. The van der Waals surface area contributed by atoms with Crippen molar-refractivity contribution in [3.05, 3.63) is 29.7 Å². The molecular formula is C19H23FN4O4. The van der Waals surface area contributed by atoms with Crippen molar-refractivity contribution in [3.8, 4) is 0 Å². The fourth-order valence-electron chi connectivity index (χ4n) is 3.45. The molecular weight excluding hydrogens is 367 g/mol. The molecule has 0 radical (unpaired) electrons. The highest BCUT2D eigenvalue weighted by Gasteiger charge is 2.24. The van der Waals surface area contributed by atoms with Crippen molar-refractivity contribution in [2.75, 3.05) is 32.1 Å². The molecule has 150 valence electrons. The van der Waals surface area contributed by atoms with Crippen LogP contribution in [0.5, 0.6) is 0 Å². The molecule has 9 heteroatoms. The molecule has 0 atom stereocenters. The number of carbonyl (C=O) groups is 3. The van der Waals surface area contributed by atoms with E-state index in [1.165, 1.54) is 25.3 Å². The minimum Gasteiger partial charge on any atom is -0.464 e. The number of esters is 1. The molecule has 2 heterocycles. The SMILES string of the molecule is COC(=O)c1[nH]c2ccc(F)cc2c1NC(=O)CCN1CCC(C(N)=O)CC1. The quantitative estimate of drug-likeness (QED) is 0.648. The molecule has 0 aliphatic carbocycles. The summed E-state index contributed by atoms with van der Waals surface area (Å²) in [4.78, 5) is 40.6. The number of aromatic nitrogens is 1. The Bertz CT molecular complexity index is 903. The smallest absolute Gasteiger partial charge is 0.356 e. The first kappa shape index (κ1) is 19.8. The summed E-state index contributed by atoms with van der Waals surface area (Å²) in [5.41, 5.74) is 6.12. The van der Waals surface area contributed by atoms with Crippen molar-refractivity contribution in [1.29, 1.82) is 0 Å². The van der Waals surface area contributed by atoms with Gasteiger partial charge in [-0.25, -0.2) is 9.18 Å². The number of nitrogens with one attached hydrogen (secondary N) is 2. The summed E-state index contributed by atoms with van der Waals surface area (Å²) < 4.78 is 18.4. The molecule has 2 aromatic rings. The normalized spacial score (nSPS) is 15.5. The lowest BCUT2D eigenvalue weighted by Crippen LogP contribution is -2.39. The lowest BCUT2D eigenvalue weighted by Gasteiger charge is -2.30. The van der Waals surface area contributed by atoms with Crippen LogP contribution in [0.3, 0.4) is 0 Å². The number of nitrogens with two attached hydrogens (primary N) is 1. The number of H-pyrrole nitrogens is 1. The van der Waals surface area contributed by atoms with Crippen LogP contribution in [-0.4, -0.2) is 54.4 Å². The molecule has 8 nitrogen and oxygen atoms in total. The third-order valence-corrected chi connectivity index (χ3v) is 5.06. The minimum atomic E-state index is -0.652. The van der Waals surface area contributed by atoms with Crippen molar-refractivity contribution < 1.29 is 23.5 Å². The number of aromatic amines is 1. The fourth-order valence-corrected chi connectivity index (χ4v) is 3.45. The highest BCUT2D eigenvalue weighted by atomic mass is 19.1. The van der Waals surface area contributed by atoms with Crippen molar-refractivity contribution in [3.63, 3.8) is 0 Å². The Labute approximate surface area is 161 Å². The van der Waals surface area contributed by atoms with Crippen molar-refractivity contribution in [2.45, 2.75) is 19.3 Å². The number of nitrogens with zero attached hydrogens (tertiary/aromatic N) is 1. The lowest BCUT2D eigenvalue weighted by atomic mass is 9.96. The maximum atomic E-state index is 13.6. The molecule has 1 aromatic carbocycles. The van der Waals surface area contributed by atoms with E-state index < -0.39 is 11.8 Å². The third kappa shape index (κ3) is 4.30. The summed E-state index contributed by atoms with van der Waals surface area (Å²) in [6, 6.07) is 4.01. The standard InChI is InChI=1S/C19H23FN4O4/c1-28-19(27)17-16(13-10-12(20)2-3-14(13)22-17)23-15(25)6-9-24-7-4-11(5-8-24)18(21)26/h2-3,10-11,22H,4-9H2,1H3,(H2,21,26)(H,23,25). The molecule has 0 spiro atoms. The molecule has 0 bridgehead atoms. The van der Waals surface area contributed by atoms with Gasteiger partial charge in [0.1, 0.15) is 11.5 Å². The van der Waals surface area contributed by atoms with Gasteiger partial charge in [0.25, 0.3) is 0 Å². The first-order valence-electron chi connectivity index (χ1n) is 9.10. The lowest BCUT2D eigenvalue weighted by molar-refractivity contribution is -0.123. The monoisotopic (exact) mass is 390 g/mol. The summed E-state index contributed by atoms with van der Waals surface area (Å²) in [5, 5.41) is 3.10. The van der Waals surface area contributed by atoms with Gasteiger partial charge in [-0.3, -0.25) is 9.59 Å². The van der Waals surface area contributed by atoms with Crippen LogP contribution in [0, 0.1) is 11.7 Å². The number of benzene rings is 1. The number of halogens is 1. The Morgan fingerprint density at radius 1 is 1.32 bits per heavy atom. The third-order valence-electron chi connectivity index (χ3n) is 5.06. The molecule has 1 saturated heterocycles. The van der Waals surface area contributed by atoms with Gasteiger partial charge in [-0.15, -0.1) is 0 Å². The average Bonchev–Trinajstić information content (AvgIpc) is 3.03. The van der Waals surface area contributed by atoms with Crippen molar-refractivity contribution in [1.82, 2.24) is 9.88 Å². The van der Waals surface area contributed by atoms with E-state index in [9.17, 15) is 18.8 Å². The van der Waals surface area contributed by atoms with Crippen LogP contribution in [0.4, 0.5) is 10.1 Å². The number of hydrogen-bond donors (Lipinski definition) is 3. The molecule has 4 N–H and O–H groups in total. The number of ether oxygens (including phenoxy) is 1. The molecule has 2 amide bonds. The van der Waals surface area contributed by atoms with E-state index >= 15 is 0 Å². The Morgan fingerprint density at radius 3 is 2.68 bits per heavy atom. The van der Waals surface area contributed by atoms with Gasteiger partial charge in [-0.1, -0.05) is 0 Å². The first-order chi connectivity index (χ1) is 13.4. The predicted octanol–water partition coefficient (Wildman–Crippen LogP) is 1.62. The van der Waals surface area contributed by atoms with E-state index in [4.69, 9.17) is 10.5 Å². The van der Waals surface area contributed by atoms with E-state index in [1.807, 2.05) is 0 Å². The van der Waals surface area contributed by atoms with E-state index in [-0.39, 0.29) is 35.5 Å². The molecule has 1 fully saturated rings. The second kappa shape index (κ2) is 8.39. The molecule has 0 unspecified atom stereocenters. The number of methoxy groups -OCH3 is 1. The number of amides is 2. The summed E-state index contributed by atoms with van der Waals surface area (Å²) >= 11 is 0. The number of hydrogen-bond acceptors (Lipinski definition) is 5. The fraction of sp³-hybridized carbons (Fsp3) is 0.421. The second-order valence-electron chi connectivity index (χ2n) is 6.87. The number of anilines is 1. The zero-order chi connectivity index (χ0) is 20.3. The Balaban J connectivity index is 1.67. The van der Waals surface area contributed by atoms with Gasteiger partial charge in [0, 0.05) is 29.8 Å².